The minimum Gasteiger partial charge on any atom is -0.481 e. The van der Waals surface area contributed by atoms with Gasteiger partial charge in [-0.05, 0) is 36.5 Å². The van der Waals surface area contributed by atoms with E-state index in [0.717, 1.165) is 24.0 Å². The number of ether oxygens (including phenoxy) is 1. The van der Waals surface area contributed by atoms with Gasteiger partial charge >= 0.3 is 6.03 Å². The predicted octanol–water partition coefficient (Wildman–Crippen LogP) is 3.16. The van der Waals surface area contributed by atoms with Gasteiger partial charge in [-0.25, -0.2) is 9.78 Å². The van der Waals surface area contributed by atoms with Gasteiger partial charge in [-0.1, -0.05) is 6.07 Å². The number of carbonyl (C=O) groups excluding carboxylic acids is 1. The SMILES string of the molecule is COc1ccc(C(NC(=O)Nc2cccnc2-c2cnn(C)c2)C2CC2)cn1. The van der Waals surface area contributed by atoms with Crippen molar-refractivity contribution < 1.29 is 9.53 Å². The number of hydrogen-bond donors (Lipinski definition) is 2. The molecule has 0 radical (unpaired) electrons. The summed E-state index contributed by atoms with van der Waals surface area (Å²) in [7, 11) is 3.43. The number of hydrogen-bond acceptors (Lipinski definition) is 5. The highest BCUT2D eigenvalue weighted by Crippen LogP contribution is 2.41. The van der Waals surface area contributed by atoms with Crippen molar-refractivity contribution in [3.63, 3.8) is 0 Å². The molecule has 3 aromatic heterocycles. The largest absolute Gasteiger partial charge is 0.481 e. The Morgan fingerprint density at radius 1 is 1.25 bits per heavy atom. The highest BCUT2D eigenvalue weighted by atomic mass is 16.5. The van der Waals surface area contributed by atoms with Crippen molar-refractivity contribution in [3.8, 4) is 17.1 Å². The number of amides is 2. The summed E-state index contributed by atoms with van der Waals surface area (Å²) >= 11 is 0. The van der Waals surface area contributed by atoms with Crippen LogP contribution in [0.15, 0.2) is 49.1 Å². The van der Waals surface area contributed by atoms with Gasteiger partial charge < -0.3 is 15.4 Å². The van der Waals surface area contributed by atoms with Gasteiger partial charge in [0.05, 0.1) is 30.7 Å². The third-order valence-electron chi connectivity index (χ3n) is 4.74. The van der Waals surface area contributed by atoms with Gasteiger partial charge in [0.25, 0.3) is 0 Å². The van der Waals surface area contributed by atoms with Gasteiger partial charge in [0.1, 0.15) is 0 Å². The molecular weight excluding hydrogens is 356 g/mol. The lowest BCUT2D eigenvalue weighted by Crippen LogP contribution is -2.34. The van der Waals surface area contributed by atoms with E-state index in [1.165, 1.54) is 0 Å². The smallest absolute Gasteiger partial charge is 0.319 e. The monoisotopic (exact) mass is 378 g/mol. The molecule has 1 atom stereocenters. The Bertz CT molecular complexity index is 965. The van der Waals surface area contributed by atoms with Crippen molar-refractivity contribution in [2.24, 2.45) is 13.0 Å². The molecule has 1 aliphatic carbocycles. The van der Waals surface area contributed by atoms with Crippen molar-refractivity contribution in [2.75, 3.05) is 12.4 Å². The van der Waals surface area contributed by atoms with Crippen molar-refractivity contribution in [3.05, 3.63) is 54.6 Å². The molecule has 3 heterocycles. The Morgan fingerprint density at radius 2 is 2.11 bits per heavy atom. The highest BCUT2D eigenvalue weighted by Gasteiger charge is 2.33. The fraction of sp³-hybridized carbons (Fsp3) is 0.300. The predicted molar refractivity (Wildman–Crippen MR) is 105 cm³/mol. The molecule has 144 valence electrons. The number of carbonyl (C=O) groups is 1. The summed E-state index contributed by atoms with van der Waals surface area (Å²) in [5.74, 6) is 0.979. The van der Waals surface area contributed by atoms with Crippen LogP contribution in [0.5, 0.6) is 5.88 Å². The number of rotatable bonds is 6. The molecule has 2 amide bonds. The summed E-state index contributed by atoms with van der Waals surface area (Å²) in [4.78, 5) is 21.4. The fourth-order valence-corrected chi connectivity index (χ4v) is 3.18. The molecule has 1 aliphatic rings. The molecule has 0 aromatic carbocycles. The average molecular weight is 378 g/mol. The number of aromatic nitrogens is 4. The van der Waals surface area contributed by atoms with Crippen molar-refractivity contribution >= 4 is 11.7 Å². The second-order valence-electron chi connectivity index (χ2n) is 6.85. The van der Waals surface area contributed by atoms with E-state index in [-0.39, 0.29) is 12.1 Å². The number of methoxy groups -OCH3 is 1. The fourth-order valence-electron chi connectivity index (χ4n) is 3.18. The first kappa shape index (κ1) is 18.0. The van der Waals surface area contributed by atoms with Crippen LogP contribution < -0.4 is 15.4 Å². The maximum absolute atomic E-state index is 12.7. The van der Waals surface area contributed by atoms with Crippen LogP contribution >= 0.6 is 0 Å². The van der Waals surface area contributed by atoms with Gasteiger partial charge in [-0.15, -0.1) is 0 Å². The van der Waals surface area contributed by atoms with E-state index in [4.69, 9.17) is 4.74 Å². The first-order chi connectivity index (χ1) is 13.6. The number of aryl methyl sites for hydroxylation is 1. The van der Waals surface area contributed by atoms with Crippen LogP contribution in [0.2, 0.25) is 0 Å². The summed E-state index contributed by atoms with van der Waals surface area (Å²) in [6.45, 7) is 0. The summed E-state index contributed by atoms with van der Waals surface area (Å²) in [5, 5.41) is 10.2. The zero-order chi connectivity index (χ0) is 19.5. The molecule has 8 heteroatoms. The summed E-state index contributed by atoms with van der Waals surface area (Å²) in [6.07, 6.45) is 9.22. The second-order valence-corrected chi connectivity index (χ2v) is 6.85. The second kappa shape index (κ2) is 7.67. The first-order valence-corrected chi connectivity index (χ1v) is 9.15. The van der Waals surface area contributed by atoms with Gasteiger partial charge in [-0.3, -0.25) is 9.67 Å². The van der Waals surface area contributed by atoms with Crippen LogP contribution in [0.3, 0.4) is 0 Å². The van der Waals surface area contributed by atoms with E-state index < -0.39 is 0 Å². The molecule has 0 bridgehead atoms. The lowest BCUT2D eigenvalue weighted by molar-refractivity contribution is 0.247. The Labute approximate surface area is 163 Å². The van der Waals surface area contributed by atoms with Gasteiger partial charge in [-0.2, -0.15) is 5.10 Å². The van der Waals surface area contributed by atoms with Crippen LogP contribution in [-0.4, -0.2) is 32.9 Å². The zero-order valence-electron chi connectivity index (χ0n) is 15.8. The van der Waals surface area contributed by atoms with Crippen molar-refractivity contribution in [2.45, 2.75) is 18.9 Å². The van der Waals surface area contributed by atoms with Gasteiger partial charge in [0.15, 0.2) is 0 Å². The van der Waals surface area contributed by atoms with Crippen LogP contribution in [0, 0.1) is 5.92 Å². The van der Waals surface area contributed by atoms with Crippen LogP contribution in [0.1, 0.15) is 24.4 Å². The molecule has 0 spiro atoms. The minimum atomic E-state index is -0.272. The topological polar surface area (TPSA) is 94.0 Å². The number of urea groups is 1. The Hall–Kier alpha value is -3.42. The normalized spacial score (nSPS) is 14.4. The Kier molecular flexibility index (Phi) is 4.92. The van der Waals surface area contributed by atoms with E-state index in [0.29, 0.717) is 23.2 Å². The minimum absolute atomic E-state index is 0.0862. The summed E-state index contributed by atoms with van der Waals surface area (Å²) in [6, 6.07) is 7.02. The van der Waals surface area contributed by atoms with Crippen LogP contribution in [-0.2, 0) is 7.05 Å². The maximum Gasteiger partial charge on any atom is 0.319 e. The van der Waals surface area contributed by atoms with Crippen LogP contribution in [0.4, 0.5) is 10.5 Å². The summed E-state index contributed by atoms with van der Waals surface area (Å²) in [5.41, 5.74) is 3.13. The Morgan fingerprint density at radius 3 is 2.75 bits per heavy atom. The van der Waals surface area contributed by atoms with E-state index in [2.05, 4.69) is 25.7 Å². The molecule has 1 fully saturated rings. The third kappa shape index (κ3) is 3.95. The number of nitrogens with zero attached hydrogens (tertiary/aromatic N) is 4. The van der Waals surface area contributed by atoms with Gasteiger partial charge in [0.2, 0.25) is 5.88 Å². The van der Waals surface area contributed by atoms with E-state index in [1.54, 1.807) is 36.4 Å². The average Bonchev–Trinajstić information content (AvgIpc) is 3.47. The third-order valence-corrected chi connectivity index (χ3v) is 4.74. The Balaban J connectivity index is 1.50. The molecular formula is C20H22N6O2. The van der Waals surface area contributed by atoms with Crippen LogP contribution in [0.25, 0.3) is 11.3 Å². The first-order valence-electron chi connectivity index (χ1n) is 9.15. The molecule has 1 saturated carbocycles. The molecule has 0 aliphatic heterocycles. The molecule has 4 rings (SSSR count). The molecule has 0 saturated heterocycles. The summed E-state index contributed by atoms with van der Waals surface area (Å²) < 4.78 is 6.82. The lowest BCUT2D eigenvalue weighted by atomic mass is 10.0. The van der Waals surface area contributed by atoms with Crippen molar-refractivity contribution in [1.82, 2.24) is 25.1 Å². The number of anilines is 1. The van der Waals surface area contributed by atoms with Gasteiger partial charge in [0, 0.05) is 37.3 Å². The number of nitrogens with one attached hydrogen (secondary N) is 2. The highest BCUT2D eigenvalue weighted by molar-refractivity contribution is 5.93. The lowest BCUT2D eigenvalue weighted by Gasteiger charge is -2.19. The van der Waals surface area contributed by atoms with E-state index in [1.807, 2.05) is 31.4 Å². The molecule has 3 aromatic rings. The standard InChI is InChI=1S/C20H22N6O2/c1-26-12-15(11-23-26)19-16(4-3-9-21-19)24-20(27)25-18(13-5-6-13)14-7-8-17(28-2)22-10-14/h3-4,7-13,18H,5-6H2,1-2H3,(H2,24,25,27). The van der Waals surface area contributed by atoms with E-state index >= 15 is 0 Å². The number of pyridine rings is 2. The maximum atomic E-state index is 12.7. The van der Waals surface area contributed by atoms with Crippen molar-refractivity contribution in [1.29, 1.82) is 0 Å². The van der Waals surface area contributed by atoms with E-state index in [9.17, 15) is 4.79 Å². The zero-order valence-corrected chi connectivity index (χ0v) is 15.8. The molecule has 2 N–H and O–H groups in total. The molecule has 28 heavy (non-hydrogen) atoms. The molecule has 8 nitrogen and oxygen atoms in total. The quantitative estimate of drug-likeness (QED) is 0.687. The molecule has 1 unspecified atom stereocenters.